The van der Waals surface area contributed by atoms with Gasteiger partial charge in [-0.25, -0.2) is 15.0 Å². The fraction of sp³-hybridized carbons (Fsp3) is 0.905. The van der Waals surface area contributed by atoms with Crippen LogP contribution in [0.5, 0.6) is 0 Å². The molecule has 0 fully saturated rings. The van der Waals surface area contributed by atoms with Crippen LogP contribution in [0.1, 0.15) is 218 Å². The third-order valence-corrected chi connectivity index (χ3v) is 9.62. The van der Waals surface area contributed by atoms with Gasteiger partial charge >= 0.3 is 5.97 Å². The van der Waals surface area contributed by atoms with Crippen LogP contribution in [0.15, 0.2) is 0 Å². The largest absolute Gasteiger partial charge is 0.462 e. The van der Waals surface area contributed by atoms with Crippen LogP contribution in [0.4, 0.5) is 0 Å². The van der Waals surface area contributed by atoms with Crippen molar-refractivity contribution in [1.82, 2.24) is 19.9 Å². The van der Waals surface area contributed by atoms with Gasteiger partial charge in [-0.15, -0.1) is 0 Å². The maximum Gasteiger partial charge on any atom is 0.306 e. The van der Waals surface area contributed by atoms with E-state index >= 15 is 0 Å². The van der Waals surface area contributed by atoms with Crippen LogP contribution in [0, 0.1) is 0 Å². The van der Waals surface area contributed by atoms with Crippen LogP contribution in [-0.4, -0.2) is 52.6 Å². The molecule has 6 nitrogen and oxygen atoms in total. The molecule has 0 aromatic carbocycles. The molecule has 1 unspecified atom stereocenters. The summed E-state index contributed by atoms with van der Waals surface area (Å²) in [5.41, 5.74) is 0. The lowest BCUT2D eigenvalue weighted by molar-refractivity contribution is -0.150. The van der Waals surface area contributed by atoms with E-state index in [2.05, 4.69) is 39.8 Å². The average Bonchev–Trinajstić information content (AvgIpc) is 3.07. The smallest absolute Gasteiger partial charge is 0.306 e. The number of esters is 1. The molecule has 0 amide bonds. The van der Waals surface area contributed by atoms with E-state index in [9.17, 15) is 4.79 Å². The summed E-state index contributed by atoms with van der Waals surface area (Å²) >= 11 is 0. The van der Waals surface area contributed by atoms with Crippen molar-refractivity contribution in [2.24, 2.45) is 0 Å². The van der Waals surface area contributed by atoms with Gasteiger partial charge in [0.15, 0.2) is 0 Å². The van der Waals surface area contributed by atoms with Crippen molar-refractivity contribution in [3.63, 3.8) is 0 Å². The van der Waals surface area contributed by atoms with Gasteiger partial charge in [0.05, 0.1) is 0 Å². The SMILES string of the molecule is CCCCCCCCc1nc(CCCCCCCCC(=O)OC(CCCCCC)CCCCCCCC)nc(CCCCCN(C)C)n1. The molecule has 0 saturated heterocycles. The highest BCUT2D eigenvalue weighted by Crippen LogP contribution is 2.18. The molecule has 0 saturated carbocycles. The summed E-state index contributed by atoms with van der Waals surface area (Å²) in [6, 6.07) is 0. The Morgan fingerprint density at radius 1 is 0.500 bits per heavy atom. The number of nitrogens with zero attached hydrogens (tertiary/aromatic N) is 4. The molecule has 48 heavy (non-hydrogen) atoms. The van der Waals surface area contributed by atoms with Crippen LogP contribution in [0.2, 0.25) is 0 Å². The van der Waals surface area contributed by atoms with Gasteiger partial charge in [-0.3, -0.25) is 4.79 Å². The summed E-state index contributed by atoms with van der Waals surface area (Å²) in [5, 5.41) is 0. The topological polar surface area (TPSA) is 68.2 Å². The molecule has 0 aliphatic rings. The van der Waals surface area contributed by atoms with Gasteiger partial charge in [-0.2, -0.15) is 0 Å². The van der Waals surface area contributed by atoms with E-state index in [1.54, 1.807) is 0 Å². The standard InChI is InChI=1S/C42H80N4O2/c1-6-9-12-15-19-25-32-38(31-24-14-11-8-3)48-42(47)36-29-22-18-17-21-27-34-40-43-39(33-26-20-16-13-10-7-2)44-41(45-40)35-28-23-30-37-46(4)5/h38H,6-37H2,1-5H3. The number of carbonyl (C=O) groups is 1. The van der Waals surface area contributed by atoms with E-state index in [1.165, 1.54) is 135 Å². The minimum atomic E-state index is 0.0292. The number of ether oxygens (including phenoxy) is 1. The Labute approximate surface area is 298 Å². The fourth-order valence-electron chi connectivity index (χ4n) is 6.53. The summed E-state index contributed by atoms with van der Waals surface area (Å²) in [6.45, 7) is 7.94. The Kier molecular flexibility index (Phi) is 30.2. The van der Waals surface area contributed by atoms with E-state index in [0.29, 0.717) is 6.42 Å². The maximum absolute atomic E-state index is 12.7. The molecule has 1 atom stereocenters. The van der Waals surface area contributed by atoms with E-state index < -0.39 is 0 Å². The van der Waals surface area contributed by atoms with Gasteiger partial charge in [-0.1, -0.05) is 136 Å². The number of aromatic nitrogens is 3. The molecule has 1 rings (SSSR count). The van der Waals surface area contributed by atoms with Crippen LogP contribution < -0.4 is 0 Å². The quantitative estimate of drug-likeness (QED) is 0.0528. The van der Waals surface area contributed by atoms with Crippen molar-refractivity contribution in [2.75, 3.05) is 20.6 Å². The van der Waals surface area contributed by atoms with Gasteiger partial charge < -0.3 is 9.64 Å². The number of unbranched alkanes of at least 4 members (excludes halogenated alkanes) is 20. The van der Waals surface area contributed by atoms with Gasteiger partial charge in [0.25, 0.3) is 0 Å². The molecular weight excluding hydrogens is 592 g/mol. The molecule has 6 heteroatoms. The molecule has 0 bridgehead atoms. The molecule has 0 aliphatic heterocycles. The van der Waals surface area contributed by atoms with Crippen molar-refractivity contribution in [2.45, 2.75) is 226 Å². The molecule has 1 heterocycles. The predicted molar refractivity (Wildman–Crippen MR) is 206 cm³/mol. The van der Waals surface area contributed by atoms with Crippen LogP contribution in [0.3, 0.4) is 0 Å². The zero-order valence-corrected chi connectivity index (χ0v) is 32.8. The lowest BCUT2D eigenvalue weighted by Gasteiger charge is -2.18. The molecule has 0 spiro atoms. The average molecular weight is 673 g/mol. The third-order valence-electron chi connectivity index (χ3n) is 9.62. The van der Waals surface area contributed by atoms with E-state index in [-0.39, 0.29) is 12.1 Å². The number of hydrogen-bond donors (Lipinski definition) is 0. The second kappa shape index (κ2) is 32.6. The minimum Gasteiger partial charge on any atom is -0.462 e. The number of hydrogen-bond acceptors (Lipinski definition) is 6. The molecule has 0 aliphatic carbocycles. The van der Waals surface area contributed by atoms with Crippen molar-refractivity contribution < 1.29 is 9.53 Å². The highest BCUT2D eigenvalue weighted by molar-refractivity contribution is 5.69. The summed E-state index contributed by atoms with van der Waals surface area (Å²) < 4.78 is 6.00. The van der Waals surface area contributed by atoms with Gasteiger partial charge in [-0.05, 0) is 78.4 Å². The molecule has 1 aromatic rings. The highest BCUT2D eigenvalue weighted by Gasteiger charge is 2.14. The van der Waals surface area contributed by atoms with Crippen molar-refractivity contribution in [3.8, 4) is 0 Å². The van der Waals surface area contributed by atoms with Gasteiger partial charge in [0.2, 0.25) is 0 Å². The summed E-state index contributed by atoms with van der Waals surface area (Å²) in [5.74, 6) is 3.05. The highest BCUT2D eigenvalue weighted by atomic mass is 16.5. The van der Waals surface area contributed by atoms with Crippen molar-refractivity contribution in [3.05, 3.63) is 17.5 Å². The predicted octanol–water partition coefficient (Wildman–Crippen LogP) is 12.0. The van der Waals surface area contributed by atoms with E-state index in [4.69, 9.17) is 19.7 Å². The number of rotatable bonds is 35. The molecule has 0 radical (unpaired) electrons. The normalized spacial score (nSPS) is 12.2. The van der Waals surface area contributed by atoms with E-state index in [1.807, 2.05) is 0 Å². The second-order valence-corrected chi connectivity index (χ2v) is 14.9. The summed E-state index contributed by atoms with van der Waals surface area (Å²) in [4.78, 5) is 29.6. The first kappa shape index (κ1) is 44.5. The Bertz CT molecular complexity index is 862. The Hall–Kier alpha value is -1.56. The zero-order chi connectivity index (χ0) is 34.9. The van der Waals surface area contributed by atoms with Gasteiger partial charge in [0.1, 0.15) is 23.6 Å². The molecule has 1 aromatic heterocycles. The fourth-order valence-corrected chi connectivity index (χ4v) is 6.53. The first-order valence-corrected chi connectivity index (χ1v) is 21.0. The summed E-state index contributed by atoms with van der Waals surface area (Å²) in [6.07, 6.45) is 36.6. The maximum atomic E-state index is 12.7. The van der Waals surface area contributed by atoms with Gasteiger partial charge in [0, 0.05) is 25.7 Å². The monoisotopic (exact) mass is 673 g/mol. The summed E-state index contributed by atoms with van der Waals surface area (Å²) in [7, 11) is 4.29. The first-order chi connectivity index (χ1) is 23.5. The molecular formula is C42H80N4O2. The molecule has 280 valence electrons. The number of aryl methyl sites for hydroxylation is 3. The Morgan fingerprint density at radius 2 is 0.854 bits per heavy atom. The lowest BCUT2D eigenvalue weighted by atomic mass is 10.0. The van der Waals surface area contributed by atoms with E-state index in [0.717, 1.165) is 81.8 Å². The van der Waals surface area contributed by atoms with Crippen molar-refractivity contribution in [1.29, 1.82) is 0 Å². The third kappa shape index (κ3) is 27.3. The van der Waals surface area contributed by atoms with Crippen LogP contribution in [-0.2, 0) is 28.8 Å². The lowest BCUT2D eigenvalue weighted by Crippen LogP contribution is -2.18. The second-order valence-electron chi connectivity index (χ2n) is 14.9. The van der Waals surface area contributed by atoms with Crippen LogP contribution in [0.25, 0.3) is 0 Å². The zero-order valence-electron chi connectivity index (χ0n) is 32.8. The minimum absolute atomic E-state index is 0.0292. The Morgan fingerprint density at radius 3 is 1.29 bits per heavy atom. The molecule has 0 N–H and O–H groups in total. The van der Waals surface area contributed by atoms with Crippen LogP contribution >= 0.6 is 0 Å². The number of carbonyl (C=O) groups excluding carboxylic acids is 1. The first-order valence-electron chi connectivity index (χ1n) is 21.0. The van der Waals surface area contributed by atoms with Crippen molar-refractivity contribution >= 4 is 5.97 Å². The Balaban J connectivity index is 2.37.